The second-order valence-electron chi connectivity index (χ2n) is 4.65. The summed E-state index contributed by atoms with van der Waals surface area (Å²) in [6.45, 7) is 1.89. The van der Waals surface area contributed by atoms with Crippen LogP contribution in [0.25, 0.3) is 10.9 Å². The van der Waals surface area contributed by atoms with Crippen LogP contribution in [0, 0.1) is 0 Å². The summed E-state index contributed by atoms with van der Waals surface area (Å²) in [5.41, 5.74) is 7.45. The molecular weight excluding hydrogens is 242 g/mol. The number of fused-ring (bicyclic) bond motifs is 1. The molecule has 2 rings (SSSR count). The van der Waals surface area contributed by atoms with Crippen molar-refractivity contribution in [1.29, 1.82) is 0 Å². The maximum Gasteiger partial charge on any atom is 0.272 e. The molecule has 0 aliphatic heterocycles. The van der Waals surface area contributed by atoms with Crippen LogP contribution in [0.1, 0.15) is 17.4 Å². The molecule has 3 N–H and O–H groups in total. The van der Waals surface area contributed by atoms with Crippen LogP contribution in [0.4, 0.5) is 5.69 Å². The molecule has 0 radical (unpaired) electrons. The zero-order valence-corrected chi connectivity index (χ0v) is 11.0. The number of amides is 1. The second-order valence-corrected chi connectivity index (χ2v) is 4.65. The first-order valence-corrected chi connectivity index (χ1v) is 6.08. The SMILES string of the molecule is CC(O)CN(C)C(=O)c1cc(N)c2ccccc2n1. The summed E-state index contributed by atoms with van der Waals surface area (Å²) in [5, 5.41) is 10.1. The zero-order chi connectivity index (χ0) is 14.0. The van der Waals surface area contributed by atoms with Crippen LogP contribution in [0.3, 0.4) is 0 Å². The van der Waals surface area contributed by atoms with E-state index in [1.165, 1.54) is 4.90 Å². The fraction of sp³-hybridized carbons (Fsp3) is 0.286. The summed E-state index contributed by atoms with van der Waals surface area (Å²) in [4.78, 5) is 17.9. The minimum absolute atomic E-state index is 0.252. The molecule has 2 aromatic rings. The first-order chi connectivity index (χ1) is 8.99. The van der Waals surface area contributed by atoms with Crippen LogP contribution in [0.15, 0.2) is 30.3 Å². The van der Waals surface area contributed by atoms with Crippen LogP contribution >= 0.6 is 0 Å². The molecule has 100 valence electrons. The number of likely N-dealkylation sites (N-methyl/N-ethyl adjacent to an activating group) is 1. The third kappa shape index (κ3) is 2.82. The number of pyridine rings is 1. The molecule has 5 nitrogen and oxygen atoms in total. The number of rotatable bonds is 3. The molecule has 1 aromatic carbocycles. The number of aliphatic hydroxyl groups is 1. The van der Waals surface area contributed by atoms with Crippen LogP contribution in [0.5, 0.6) is 0 Å². The van der Waals surface area contributed by atoms with Gasteiger partial charge in [0, 0.05) is 24.7 Å². The molecule has 5 heteroatoms. The van der Waals surface area contributed by atoms with E-state index in [0.29, 0.717) is 16.9 Å². The van der Waals surface area contributed by atoms with Crippen molar-refractivity contribution in [2.75, 3.05) is 19.3 Å². The van der Waals surface area contributed by atoms with E-state index >= 15 is 0 Å². The largest absolute Gasteiger partial charge is 0.398 e. The summed E-state index contributed by atoms with van der Waals surface area (Å²) in [5.74, 6) is -0.252. The number of hydrogen-bond acceptors (Lipinski definition) is 4. The van der Waals surface area contributed by atoms with Gasteiger partial charge in [-0.2, -0.15) is 0 Å². The Balaban J connectivity index is 2.38. The minimum Gasteiger partial charge on any atom is -0.398 e. The number of carbonyl (C=O) groups excluding carboxylic acids is 1. The maximum atomic E-state index is 12.2. The van der Waals surface area contributed by atoms with Gasteiger partial charge >= 0.3 is 0 Å². The molecule has 0 spiro atoms. The van der Waals surface area contributed by atoms with Gasteiger partial charge in [0.1, 0.15) is 5.69 Å². The molecule has 0 aliphatic rings. The predicted octanol–water partition coefficient (Wildman–Crippen LogP) is 1.27. The second kappa shape index (κ2) is 5.24. The van der Waals surface area contributed by atoms with Crippen molar-refractivity contribution in [3.63, 3.8) is 0 Å². The lowest BCUT2D eigenvalue weighted by Gasteiger charge is -2.18. The van der Waals surface area contributed by atoms with E-state index in [2.05, 4.69) is 4.98 Å². The fourth-order valence-corrected chi connectivity index (χ4v) is 1.99. The Hall–Kier alpha value is -2.14. The highest BCUT2D eigenvalue weighted by Gasteiger charge is 2.16. The number of aromatic nitrogens is 1. The van der Waals surface area contributed by atoms with Gasteiger partial charge in [-0.25, -0.2) is 4.98 Å². The minimum atomic E-state index is -0.577. The lowest BCUT2D eigenvalue weighted by atomic mass is 10.1. The van der Waals surface area contributed by atoms with Gasteiger partial charge in [-0.15, -0.1) is 0 Å². The molecule has 0 aliphatic carbocycles. The Morgan fingerprint density at radius 1 is 1.47 bits per heavy atom. The molecule has 0 saturated carbocycles. The smallest absolute Gasteiger partial charge is 0.272 e. The van der Waals surface area contributed by atoms with E-state index in [1.54, 1.807) is 20.0 Å². The summed E-state index contributed by atoms with van der Waals surface area (Å²) in [6.07, 6.45) is -0.577. The average molecular weight is 259 g/mol. The Bertz CT molecular complexity index is 611. The van der Waals surface area contributed by atoms with Gasteiger partial charge in [0.2, 0.25) is 0 Å². The number of hydrogen-bond donors (Lipinski definition) is 2. The lowest BCUT2D eigenvalue weighted by Crippen LogP contribution is -2.33. The summed E-state index contributed by atoms with van der Waals surface area (Å²) >= 11 is 0. The van der Waals surface area contributed by atoms with Crippen molar-refractivity contribution in [3.05, 3.63) is 36.0 Å². The summed E-state index contributed by atoms with van der Waals surface area (Å²) < 4.78 is 0. The maximum absolute atomic E-state index is 12.2. The highest BCUT2D eigenvalue weighted by atomic mass is 16.3. The first-order valence-electron chi connectivity index (χ1n) is 6.08. The fourth-order valence-electron chi connectivity index (χ4n) is 1.99. The third-order valence-corrected chi connectivity index (χ3v) is 2.85. The number of nitrogens with two attached hydrogens (primary N) is 1. The standard InChI is InChI=1S/C14H17N3O2/c1-9(18)8-17(2)14(19)13-7-11(15)10-5-3-4-6-12(10)16-13/h3-7,9,18H,8H2,1-2H3,(H2,15,16). The van der Waals surface area contributed by atoms with E-state index < -0.39 is 6.10 Å². The van der Waals surface area contributed by atoms with Crippen LogP contribution in [-0.2, 0) is 0 Å². The molecule has 1 atom stereocenters. The van der Waals surface area contributed by atoms with Gasteiger partial charge in [0.15, 0.2) is 0 Å². The Morgan fingerprint density at radius 3 is 2.84 bits per heavy atom. The van der Waals surface area contributed by atoms with Crippen LogP contribution < -0.4 is 5.73 Å². The van der Waals surface area contributed by atoms with Crippen LogP contribution in [0.2, 0.25) is 0 Å². The topological polar surface area (TPSA) is 79.5 Å². The van der Waals surface area contributed by atoms with Crippen molar-refractivity contribution in [2.45, 2.75) is 13.0 Å². The highest BCUT2D eigenvalue weighted by Crippen LogP contribution is 2.20. The number of nitrogen functional groups attached to an aromatic ring is 1. The van der Waals surface area contributed by atoms with Gasteiger partial charge in [-0.05, 0) is 19.1 Å². The number of benzene rings is 1. The first kappa shape index (κ1) is 13.3. The number of carbonyl (C=O) groups is 1. The van der Waals surface area contributed by atoms with Crippen molar-refractivity contribution >= 4 is 22.5 Å². The number of para-hydroxylation sites is 1. The van der Waals surface area contributed by atoms with Crippen molar-refractivity contribution in [3.8, 4) is 0 Å². The summed E-state index contributed by atoms with van der Waals surface area (Å²) in [6, 6.07) is 8.98. The van der Waals surface area contributed by atoms with Gasteiger partial charge in [0.25, 0.3) is 5.91 Å². The van der Waals surface area contributed by atoms with Gasteiger partial charge in [-0.1, -0.05) is 18.2 Å². The zero-order valence-electron chi connectivity index (χ0n) is 11.0. The Morgan fingerprint density at radius 2 is 2.16 bits per heavy atom. The Kier molecular flexibility index (Phi) is 3.66. The quantitative estimate of drug-likeness (QED) is 0.870. The Labute approximate surface area is 111 Å². The van der Waals surface area contributed by atoms with E-state index in [9.17, 15) is 9.90 Å². The average Bonchev–Trinajstić information content (AvgIpc) is 2.37. The molecule has 1 amide bonds. The number of aliphatic hydroxyl groups excluding tert-OH is 1. The number of anilines is 1. The summed E-state index contributed by atoms with van der Waals surface area (Å²) in [7, 11) is 1.63. The van der Waals surface area contributed by atoms with Crippen molar-refractivity contribution in [1.82, 2.24) is 9.88 Å². The molecule has 1 unspecified atom stereocenters. The van der Waals surface area contributed by atoms with Gasteiger partial charge < -0.3 is 15.7 Å². The molecule has 0 saturated heterocycles. The highest BCUT2D eigenvalue weighted by molar-refractivity contribution is 5.99. The molecule has 1 aromatic heterocycles. The predicted molar refractivity (Wildman–Crippen MR) is 74.8 cm³/mol. The van der Waals surface area contributed by atoms with Gasteiger partial charge in [-0.3, -0.25) is 4.79 Å². The molecule has 0 bridgehead atoms. The molecule has 0 fully saturated rings. The lowest BCUT2D eigenvalue weighted by molar-refractivity contribution is 0.0698. The molecule has 1 heterocycles. The van der Waals surface area contributed by atoms with E-state index in [4.69, 9.17) is 5.73 Å². The molecule has 19 heavy (non-hydrogen) atoms. The monoisotopic (exact) mass is 259 g/mol. The van der Waals surface area contributed by atoms with E-state index in [-0.39, 0.29) is 12.5 Å². The van der Waals surface area contributed by atoms with Gasteiger partial charge in [0.05, 0.1) is 11.6 Å². The number of nitrogens with zero attached hydrogens (tertiary/aromatic N) is 2. The van der Waals surface area contributed by atoms with Crippen LogP contribution in [-0.4, -0.2) is 40.6 Å². The van der Waals surface area contributed by atoms with Crippen molar-refractivity contribution in [2.24, 2.45) is 0 Å². The van der Waals surface area contributed by atoms with Crippen molar-refractivity contribution < 1.29 is 9.90 Å². The normalized spacial score (nSPS) is 12.4. The molecular formula is C14H17N3O2. The van der Waals surface area contributed by atoms with E-state index in [0.717, 1.165) is 5.39 Å². The van der Waals surface area contributed by atoms with E-state index in [1.807, 2.05) is 24.3 Å². The third-order valence-electron chi connectivity index (χ3n) is 2.85.